The molecular formula is C61H118O17P2. The molecule has 0 radical (unpaired) electrons. The normalized spacial score (nSPS) is 14.9. The van der Waals surface area contributed by atoms with Crippen LogP contribution in [0.2, 0.25) is 0 Å². The molecule has 3 unspecified atom stereocenters. The van der Waals surface area contributed by atoms with Crippen molar-refractivity contribution in [1.29, 1.82) is 0 Å². The molecule has 0 amide bonds. The maximum Gasteiger partial charge on any atom is 0.472 e. The van der Waals surface area contributed by atoms with Crippen molar-refractivity contribution in [3.63, 3.8) is 0 Å². The second-order valence-corrected chi connectivity index (χ2v) is 26.7. The molecule has 17 nitrogen and oxygen atoms in total. The minimum Gasteiger partial charge on any atom is -0.462 e. The molecule has 0 aromatic rings. The van der Waals surface area contributed by atoms with Gasteiger partial charge in [0.15, 0.2) is 12.2 Å². The predicted octanol–water partition coefficient (Wildman–Crippen LogP) is 16.2. The van der Waals surface area contributed by atoms with Crippen molar-refractivity contribution < 1.29 is 80.2 Å². The van der Waals surface area contributed by atoms with Crippen LogP contribution in [-0.2, 0) is 65.4 Å². The van der Waals surface area contributed by atoms with Crippen LogP contribution < -0.4 is 0 Å². The highest BCUT2D eigenvalue weighted by Gasteiger charge is 2.30. The van der Waals surface area contributed by atoms with Crippen LogP contribution in [0.5, 0.6) is 0 Å². The second kappa shape index (κ2) is 51.5. The fourth-order valence-electron chi connectivity index (χ4n) is 8.87. The number of rotatable bonds is 58. The van der Waals surface area contributed by atoms with Gasteiger partial charge >= 0.3 is 39.5 Å². The molecule has 0 heterocycles. The molecule has 0 rings (SSSR count). The molecule has 0 aliphatic carbocycles. The lowest BCUT2D eigenvalue weighted by Gasteiger charge is -2.21. The number of hydrogen-bond donors (Lipinski definition) is 3. The van der Waals surface area contributed by atoms with Crippen LogP contribution in [0.15, 0.2) is 0 Å². The maximum atomic E-state index is 12.9. The van der Waals surface area contributed by atoms with Crippen LogP contribution in [0.3, 0.4) is 0 Å². The van der Waals surface area contributed by atoms with Gasteiger partial charge in [0.2, 0.25) is 0 Å². The number of hydrogen-bond acceptors (Lipinski definition) is 15. The van der Waals surface area contributed by atoms with Gasteiger partial charge in [0.1, 0.15) is 19.3 Å². The molecule has 0 bridgehead atoms. The molecule has 0 aromatic carbocycles. The van der Waals surface area contributed by atoms with Gasteiger partial charge < -0.3 is 33.8 Å². The lowest BCUT2D eigenvalue weighted by atomic mass is 10.00. The molecule has 0 aromatic heterocycles. The molecule has 19 heteroatoms. The van der Waals surface area contributed by atoms with Gasteiger partial charge in [0, 0.05) is 25.7 Å². The van der Waals surface area contributed by atoms with Gasteiger partial charge in [-0.15, -0.1) is 0 Å². The smallest absolute Gasteiger partial charge is 0.462 e. The van der Waals surface area contributed by atoms with Crippen LogP contribution in [0, 0.1) is 23.7 Å². The van der Waals surface area contributed by atoms with Crippen molar-refractivity contribution >= 4 is 39.5 Å². The Balaban J connectivity index is 5.25. The van der Waals surface area contributed by atoms with Crippen LogP contribution in [0.4, 0.5) is 0 Å². The van der Waals surface area contributed by atoms with Crippen molar-refractivity contribution in [3.05, 3.63) is 0 Å². The third kappa shape index (κ3) is 54.0. The maximum absolute atomic E-state index is 12.9. The largest absolute Gasteiger partial charge is 0.472 e. The molecule has 0 aliphatic heterocycles. The highest BCUT2D eigenvalue weighted by Crippen LogP contribution is 2.45. The molecule has 0 fully saturated rings. The van der Waals surface area contributed by atoms with E-state index in [9.17, 15) is 43.2 Å². The highest BCUT2D eigenvalue weighted by molar-refractivity contribution is 7.47. The zero-order valence-electron chi connectivity index (χ0n) is 51.7. The summed E-state index contributed by atoms with van der Waals surface area (Å²) < 4.78 is 67.8. The molecular weight excluding hydrogens is 1070 g/mol. The second-order valence-electron chi connectivity index (χ2n) is 23.8. The first-order chi connectivity index (χ1) is 38.1. The minimum absolute atomic E-state index is 0.100. The van der Waals surface area contributed by atoms with Crippen molar-refractivity contribution in [1.82, 2.24) is 0 Å². The van der Waals surface area contributed by atoms with E-state index in [0.29, 0.717) is 37.5 Å². The molecule has 0 saturated carbocycles. The summed E-state index contributed by atoms with van der Waals surface area (Å²) in [5.41, 5.74) is 0. The molecule has 6 atom stereocenters. The number of phosphoric ester groups is 2. The van der Waals surface area contributed by atoms with E-state index in [1.54, 1.807) is 0 Å². The quantitative estimate of drug-likeness (QED) is 0.0222. The van der Waals surface area contributed by atoms with E-state index in [0.717, 1.165) is 115 Å². The summed E-state index contributed by atoms with van der Waals surface area (Å²) in [5.74, 6) is 0.667. The highest BCUT2D eigenvalue weighted by atomic mass is 31.2. The Bertz CT molecular complexity index is 1610. The summed E-state index contributed by atoms with van der Waals surface area (Å²) in [6, 6.07) is 0. The first-order valence-corrected chi connectivity index (χ1v) is 34.7. The molecule has 0 aliphatic rings. The van der Waals surface area contributed by atoms with E-state index < -0.39 is 97.5 Å². The predicted molar refractivity (Wildman–Crippen MR) is 317 cm³/mol. The third-order valence-corrected chi connectivity index (χ3v) is 16.1. The topological polar surface area (TPSA) is 237 Å². The fourth-order valence-corrected chi connectivity index (χ4v) is 10.4. The number of ether oxygens (including phenoxy) is 4. The van der Waals surface area contributed by atoms with Crippen LogP contribution >= 0.6 is 15.6 Å². The van der Waals surface area contributed by atoms with E-state index in [-0.39, 0.29) is 25.7 Å². The lowest BCUT2D eigenvalue weighted by molar-refractivity contribution is -0.161. The van der Waals surface area contributed by atoms with Gasteiger partial charge in [-0.1, -0.05) is 235 Å². The van der Waals surface area contributed by atoms with Crippen LogP contribution in [0.1, 0.15) is 287 Å². The average molecular weight is 1190 g/mol. The molecule has 3 N–H and O–H groups in total. The zero-order chi connectivity index (χ0) is 59.7. The van der Waals surface area contributed by atoms with Gasteiger partial charge in [-0.2, -0.15) is 0 Å². The summed E-state index contributed by atoms with van der Waals surface area (Å²) in [7, 11) is -9.88. The Morgan fingerprint density at radius 3 is 0.887 bits per heavy atom. The third-order valence-electron chi connectivity index (χ3n) is 14.2. The van der Waals surface area contributed by atoms with Crippen LogP contribution in [-0.4, -0.2) is 96.7 Å². The van der Waals surface area contributed by atoms with E-state index >= 15 is 0 Å². The minimum atomic E-state index is -4.94. The average Bonchev–Trinajstić information content (AvgIpc) is 3.40. The number of aliphatic hydroxyl groups is 1. The van der Waals surface area contributed by atoms with Crippen molar-refractivity contribution in [2.45, 2.75) is 305 Å². The molecule has 0 saturated heterocycles. The van der Waals surface area contributed by atoms with Gasteiger partial charge in [-0.3, -0.25) is 37.3 Å². The number of phosphoric acid groups is 2. The standard InChI is InChI=1S/C61H118O17P2/c1-9-54(8)40-32-24-17-20-26-34-42-59(64)72-47-56(77-60(65)43-35-27-14-12-10-11-13-21-29-37-51(2)3)49-75-79(67,68)73-45-55(62)46-74-80(69,70)76-50-57(78-61(66)44-36-28-19-16-23-31-39-53(6)7)48-71-58(63)41-33-25-18-15-22-30-38-52(4)5/h51-57,62H,9-50H2,1-8H3,(H,67,68)(H,69,70)/t54?,55-,56+,57+/m0/s1. The number of unbranched alkanes of at least 4 members (excludes halogenated alkanes) is 23. The Morgan fingerprint density at radius 1 is 0.350 bits per heavy atom. The van der Waals surface area contributed by atoms with E-state index in [2.05, 4.69) is 55.4 Å². The summed E-state index contributed by atoms with van der Waals surface area (Å²) in [6.45, 7) is 13.8. The van der Waals surface area contributed by atoms with Gasteiger partial charge in [-0.25, -0.2) is 9.13 Å². The number of carbonyl (C=O) groups is 4. The Hall–Kier alpha value is -1.94. The van der Waals surface area contributed by atoms with Gasteiger partial charge in [-0.05, 0) is 49.4 Å². The SMILES string of the molecule is CCC(C)CCCCCCCCC(=O)OC[C@H](COP(=O)(O)OC[C@H](O)COP(=O)(O)OC[C@@H](COC(=O)CCCCCCCCC(C)C)OC(=O)CCCCCCCCC(C)C)OC(=O)CCCCCCCCCCCC(C)C. The Labute approximate surface area is 486 Å². The van der Waals surface area contributed by atoms with E-state index in [4.69, 9.17) is 37.0 Å². The molecule has 0 spiro atoms. The molecule has 80 heavy (non-hydrogen) atoms. The first-order valence-electron chi connectivity index (χ1n) is 31.7. The number of carbonyl (C=O) groups excluding carboxylic acids is 4. The van der Waals surface area contributed by atoms with Crippen molar-refractivity contribution in [3.8, 4) is 0 Å². The van der Waals surface area contributed by atoms with Crippen LogP contribution in [0.25, 0.3) is 0 Å². The summed E-state index contributed by atoms with van der Waals surface area (Å²) in [6.07, 6.45) is 29.7. The lowest BCUT2D eigenvalue weighted by Crippen LogP contribution is -2.30. The summed E-state index contributed by atoms with van der Waals surface area (Å²) in [5, 5.41) is 10.5. The first kappa shape index (κ1) is 78.1. The van der Waals surface area contributed by atoms with Crippen molar-refractivity contribution in [2.75, 3.05) is 39.6 Å². The van der Waals surface area contributed by atoms with Gasteiger partial charge in [0.25, 0.3) is 0 Å². The van der Waals surface area contributed by atoms with Gasteiger partial charge in [0.05, 0.1) is 26.4 Å². The monoisotopic (exact) mass is 1180 g/mol. The van der Waals surface area contributed by atoms with E-state index in [1.807, 2.05) is 0 Å². The van der Waals surface area contributed by atoms with E-state index in [1.165, 1.54) is 77.0 Å². The Morgan fingerprint density at radius 2 is 0.600 bits per heavy atom. The summed E-state index contributed by atoms with van der Waals surface area (Å²) >= 11 is 0. The molecule has 474 valence electrons. The zero-order valence-corrected chi connectivity index (χ0v) is 53.5. The Kier molecular flexibility index (Phi) is 50.2. The number of aliphatic hydroxyl groups excluding tert-OH is 1. The fraction of sp³-hybridized carbons (Fsp3) is 0.934. The number of esters is 4. The van der Waals surface area contributed by atoms with Crippen molar-refractivity contribution in [2.24, 2.45) is 23.7 Å². The summed E-state index contributed by atoms with van der Waals surface area (Å²) in [4.78, 5) is 72.0.